The molecule has 3 aromatic carbocycles. The molecule has 44 heavy (non-hydrogen) atoms. The first kappa shape index (κ1) is 32.8. The zero-order valence-electron chi connectivity index (χ0n) is 21.6. The summed E-state index contributed by atoms with van der Waals surface area (Å²) in [6, 6.07) is 3.25. The Kier molecular flexibility index (Phi) is 8.00. The third-order valence-electron chi connectivity index (χ3n) is 7.62. The van der Waals surface area contributed by atoms with Gasteiger partial charge in [0.1, 0.15) is 5.60 Å². The molecular weight excluding hydrogens is 664 g/mol. The van der Waals surface area contributed by atoms with Crippen molar-refractivity contribution < 1.29 is 57.3 Å². The molecule has 0 N–H and O–H groups in total. The zero-order chi connectivity index (χ0) is 32.6. The van der Waals surface area contributed by atoms with Crippen LogP contribution in [0.25, 0.3) is 0 Å². The number of rotatable bonds is 3. The van der Waals surface area contributed by atoms with E-state index in [-0.39, 0.29) is 71.3 Å². The van der Waals surface area contributed by atoms with Gasteiger partial charge in [-0.1, -0.05) is 29.3 Å². The molecule has 0 aliphatic carbocycles. The molecule has 2 saturated heterocycles. The highest BCUT2D eigenvalue weighted by Gasteiger charge is 2.60. The van der Waals surface area contributed by atoms with Crippen molar-refractivity contribution in [2.75, 3.05) is 6.54 Å². The van der Waals surface area contributed by atoms with E-state index in [0.717, 1.165) is 0 Å². The van der Waals surface area contributed by atoms with Gasteiger partial charge in [-0.15, -0.1) is 0 Å². The van der Waals surface area contributed by atoms with Crippen molar-refractivity contribution in [1.82, 2.24) is 4.81 Å². The van der Waals surface area contributed by atoms with Crippen LogP contribution < -0.4 is 5.46 Å². The Morgan fingerprint density at radius 2 is 1.09 bits per heavy atom. The molecule has 236 valence electrons. The first-order chi connectivity index (χ1) is 20.1. The minimum atomic E-state index is -5.38. The summed E-state index contributed by atoms with van der Waals surface area (Å²) >= 11 is 12.3. The van der Waals surface area contributed by atoms with Gasteiger partial charge in [0.05, 0.1) is 22.3 Å². The summed E-state index contributed by atoms with van der Waals surface area (Å²) in [7, 11) is -1.40. The standard InChI is InChI=1S/C27H16BCl2F12NO/c29-19-3-4-20(21(30)12-19)28-43-5-1-2-22(43)23(44-28,13-6-15(24(31,32)33)10-16(7-13)25(34,35)36)14-8-17(26(37,38)39)11-18(9-14)27(40,41)42/h3-4,6-12,22H,1-2,5H2/t22-/m0/s1. The largest absolute Gasteiger partial charge is 0.421 e. The number of hydrogen-bond acceptors (Lipinski definition) is 2. The van der Waals surface area contributed by atoms with Gasteiger partial charge >= 0.3 is 31.8 Å². The van der Waals surface area contributed by atoms with E-state index in [4.69, 9.17) is 27.9 Å². The van der Waals surface area contributed by atoms with E-state index in [0.29, 0.717) is 0 Å². The molecule has 0 saturated carbocycles. The fourth-order valence-corrected chi connectivity index (χ4v) is 6.30. The van der Waals surface area contributed by atoms with Crippen LogP contribution >= 0.6 is 23.2 Å². The molecule has 2 aliphatic rings. The average molecular weight is 680 g/mol. The van der Waals surface area contributed by atoms with Crippen molar-refractivity contribution in [2.45, 2.75) is 49.2 Å². The van der Waals surface area contributed by atoms with Gasteiger partial charge in [0.15, 0.2) is 0 Å². The molecule has 0 amide bonds. The van der Waals surface area contributed by atoms with Gasteiger partial charge in [0, 0.05) is 16.1 Å². The third kappa shape index (κ3) is 5.88. The van der Waals surface area contributed by atoms with Crippen LogP contribution in [-0.4, -0.2) is 24.4 Å². The van der Waals surface area contributed by atoms with Crippen LogP contribution in [0.4, 0.5) is 52.7 Å². The molecule has 0 unspecified atom stereocenters. The Balaban J connectivity index is 1.89. The topological polar surface area (TPSA) is 12.5 Å². The van der Waals surface area contributed by atoms with Crippen LogP contribution in [0.1, 0.15) is 46.2 Å². The summed E-state index contributed by atoms with van der Waals surface area (Å²) in [5.74, 6) is 0. The monoisotopic (exact) mass is 679 g/mol. The van der Waals surface area contributed by atoms with Crippen LogP contribution in [0.2, 0.25) is 10.0 Å². The number of benzene rings is 3. The predicted octanol–water partition coefficient (Wildman–Crippen LogP) is 9.20. The highest BCUT2D eigenvalue weighted by Crippen LogP contribution is 2.53. The highest BCUT2D eigenvalue weighted by atomic mass is 35.5. The molecule has 2 nitrogen and oxygen atoms in total. The summed E-state index contributed by atoms with van der Waals surface area (Å²) in [5.41, 5.74) is -11.8. The number of alkyl halides is 12. The predicted molar refractivity (Wildman–Crippen MR) is 136 cm³/mol. The molecule has 17 heteroatoms. The molecule has 2 aliphatic heterocycles. The molecule has 3 aromatic rings. The van der Waals surface area contributed by atoms with E-state index < -0.39 is 76.8 Å². The highest BCUT2D eigenvalue weighted by molar-refractivity contribution is 6.68. The van der Waals surface area contributed by atoms with Crippen molar-refractivity contribution in [3.8, 4) is 0 Å². The first-order valence-electron chi connectivity index (χ1n) is 12.6. The second-order valence-electron chi connectivity index (χ2n) is 10.4. The van der Waals surface area contributed by atoms with Gasteiger partial charge in [0.25, 0.3) is 0 Å². The molecule has 2 heterocycles. The van der Waals surface area contributed by atoms with Gasteiger partial charge in [-0.2, -0.15) is 52.7 Å². The Bertz CT molecular complexity index is 1440. The Labute approximate surface area is 251 Å². The maximum Gasteiger partial charge on any atom is 0.421 e. The Hall–Kier alpha value is -2.62. The molecule has 0 bridgehead atoms. The number of halogens is 14. The summed E-state index contributed by atoms with van der Waals surface area (Å²) in [4.78, 5) is 1.44. The number of hydrogen-bond donors (Lipinski definition) is 0. The summed E-state index contributed by atoms with van der Waals surface area (Å²) in [5, 5.41) is 0.0744. The van der Waals surface area contributed by atoms with E-state index in [1.807, 2.05) is 0 Å². The quantitative estimate of drug-likeness (QED) is 0.202. The smallest absolute Gasteiger partial charge is 0.402 e. The third-order valence-corrected chi connectivity index (χ3v) is 8.19. The number of nitrogens with zero attached hydrogens (tertiary/aromatic N) is 1. The van der Waals surface area contributed by atoms with Crippen molar-refractivity contribution in [1.29, 1.82) is 0 Å². The second kappa shape index (κ2) is 10.7. The van der Waals surface area contributed by atoms with E-state index in [1.54, 1.807) is 0 Å². The summed E-state index contributed by atoms with van der Waals surface area (Å²) in [6.45, 7) is 0.0756. The van der Waals surface area contributed by atoms with Crippen LogP contribution in [-0.2, 0) is 35.0 Å². The minimum absolute atomic E-state index is 0.0657. The van der Waals surface area contributed by atoms with Crippen molar-refractivity contribution in [2.24, 2.45) is 0 Å². The molecule has 0 radical (unpaired) electrons. The molecule has 5 rings (SSSR count). The Morgan fingerprint density at radius 3 is 1.48 bits per heavy atom. The van der Waals surface area contributed by atoms with Gasteiger partial charge in [-0.05, 0) is 84.5 Å². The molecular formula is C27H16BCl2F12NO. The van der Waals surface area contributed by atoms with Crippen LogP contribution in [0, 0.1) is 0 Å². The van der Waals surface area contributed by atoms with Gasteiger partial charge in [-0.25, -0.2) is 0 Å². The molecule has 1 atom stereocenters. The molecule has 0 spiro atoms. The second-order valence-corrected chi connectivity index (χ2v) is 11.2. The molecule has 2 fully saturated rings. The SMILES string of the molecule is FC(F)(F)c1cc(C(F)(F)F)cc(C2(c3cc(C(F)(F)F)cc(C(F)(F)F)c3)OB(c3ccc(Cl)cc3Cl)N3CCC[C@H]32)c1. The average Bonchev–Trinajstić information content (AvgIpc) is 3.49. The first-order valence-corrected chi connectivity index (χ1v) is 13.4. The molecule has 0 aromatic heterocycles. The van der Waals surface area contributed by atoms with E-state index in [1.165, 1.54) is 23.0 Å². The lowest BCUT2D eigenvalue weighted by Gasteiger charge is -2.37. The van der Waals surface area contributed by atoms with Crippen LogP contribution in [0.5, 0.6) is 0 Å². The summed E-state index contributed by atoms with van der Waals surface area (Å²) < 4.78 is 174. The normalized spacial score (nSPS) is 19.5. The number of fused-ring (bicyclic) bond motifs is 1. The maximum absolute atomic E-state index is 13.9. The van der Waals surface area contributed by atoms with Crippen molar-refractivity contribution >= 4 is 35.7 Å². The lowest BCUT2D eigenvalue weighted by Crippen LogP contribution is -2.46. The van der Waals surface area contributed by atoms with Crippen LogP contribution in [0.3, 0.4) is 0 Å². The van der Waals surface area contributed by atoms with Crippen LogP contribution in [0.15, 0.2) is 54.6 Å². The maximum atomic E-state index is 13.9. The fourth-order valence-electron chi connectivity index (χ4n) is 5.80. The van der Waals surface area contributed by atoms with Gasteiger partial charge in [0.2, 0.25) is 0 Å². The van der Waals surface area contributed by atoms with E-state index in [9.17, 15) is 52.7 Å². The Morgan fingerprint density at radius 1 is 0.659 bits per heavy atom. The van der Waals surface area contributed by atoms with Crippen molar-refractivity contribution in [3.05, 3.63) is 98.0 Å². The zero-order valence-corrected chi connectivity index (χ0v) is 23.1. The summed E-state index contributed by atoms with van der Waals surface area (Å²) in [6.07, 6.45) is -21.4. The van der Waals surface area contributed by atoms with E-state index >= 15 is 0 Å². The fraction of sp³-hybridized carbons (Fsp3) is 0.333. The van der Waals surface area contributed by atoms with Gasteiger partial charge < -0.3 is 9.47 Å². The van der Waals surface area contributed by atoms with Crippen molar-refractivity contribution in [3.63, 3.8) is 0 Å². The minimum Gasteiger partial charge on any atom is -0.402 e. The lowest BCUT2D eigenvalue weighted by atomic mass is 9.72. The van der Waals surface area contributed by atoms with E-state index in [2.05, 4.69) is 0 Å². The van der Waals surface area contributed by atoms with Gasteiger partial charge in [-0.3, -0.25) is 0 Å². The lowest BCUT2D eigenvalue weighted by molar-refractivity contribution is -0.144.